The van der Waals surface area contributed by atoms with E-state index in [0.717, 1.165) is 33.4 Å². The van der Waals surface area contributed by atoms with Crippen LogP contribution in [-0.4, -0.2) is 59.1 Å². The molecule has 322 valence electrons. The maximum Gasteiger partial charge on any atom is 0.337 e. The Morgan fingerprint density at radius 2 is 1.03 bits per heavy atom. The molecule has 0 amide bonds. The first-order valence-corrected chi connectivity index (χ1v) is 18.9. The lowest BCUT2D eigenvalue weighted by atomic mass is 10.1. The zero-order chi connectivity index (χ0) is 46.5. The van der Waals surface area contributed by atoms with E-state index in [0.29, 0.717) is 33.4 Å². The highest BCUT2D eigenvalue weighted by Crippen LogP contribution is 2.06. The normalized spacial score (nSPS) is 9.10. The van der Waals surface area contributed by atoms with Crippen molar-refractivity contribution >= 4 is 29.7 Å². The van der Waals surface area contributed by atoms with E-state index in [2.05, 4.69) is 26.3 Å². The summed E-state index contributed by atoms with van der Waals surface area (Å²) in [5, 5.41) is 27.5. The van der Waals surface area contributed by atoms with Gasteiger partial charge >= 0.3 is 23.9 Å². The Morgan fingerprint density at radius 1 is 0.597 bits per heavy atom. The lowest BCUT2D eigenvalue weighted by Gasteiger charge is -1.98. The number of carboxylic acid groups (broad SMARTS) is 2. The van der Waals surface area contributed by atoms with Crippen LogP contribution in [0.5, 0.6) is 0 Å². The van der Waals surface area contributed by atoms with Crippen molar-refractivity contribution in [3.8, 4) is 11.8 Å². The molecule has 0 spiro atoms. The van der Waals surface area contributed by atoms with E-state index in [1.165, 1.54) is 33.5 Å². The molecule has 0 atom stereocenters. The average Bonchev–Trinajstić information content (AvgIpc) is 3.26. The number of nitrogens with zero attached hydrogens (tertiary/aromatic N) is 2. The fraction of sp³-hybridized carbons (Fsp3) is 0.180. The molecule has 12 nitrogen and oxygen atoms in total. The molecule has 0 radical (unpaired) electrons. The molecule has 0 aliphatic heterocycles. The molecule has 0 bridgehead atoms. The van der Waals surface area contributed by atoms with Crippen molar-refractivity contribution in [3.05, 3.63) is 207 Å². The molecule has 0 unspecified atom stereocenters. The molecule has 4 aromatic carbocycles. The largest absolute Gasteiger partial charge is 0.619 e. The number of hydrogen-bond acceptors (Lipinski definition) is 9. The maximum atomic E-state index is 10.9. The van der Waals surface area contributed by atoms with Gasteiger partial charge in [-0.2, -0.15) is 4.73 Å². The Morgan fingerprint density at radius 3 is 1.44 bits per heavy atom. The van der Waals surface area contributed by atoms with Crippen LogP contribution >= 0.6 is 0 Å². The zero-order valence-corrected chi connectivity index (χ0v) is 36.1. The third-order valence-corrected chi connectivity index (χ3v) is 7.75. The number of esters is 2. The smallest absolute Gasteiger partial charge is 0.337 e. The molecule has 2 heterocycles. The van der Waals surface area contributed by atoms with Crippen molar-refractivity contribution in [2.75, 3.05) is 14.2 Å². The molecule has 0 saturated heterocycles. The Labute approximate surface area is 363 Å². The number of Topliss-reactive ketones (excluding diaryl/α,β-unsaturated/α-hetero) is 1. The van der Waals surface area contributed by atoms with Gasteiger partial charge in [0.15, 0.2) is 12.4 Å². The van der Waals surface area contributed by atoms with Crippen LogP contribution in [0.1, 0.15) is 88.7 Å². The molecule has 12 heteroatoms. The van der Waals surface area contributed by atoms with Crippen LogP contribution in [0.25, 0.3) is 0 Å². The second-order valence-corrected chi connectivity index (χ2v) is 13.1. The van der Waals surface area contributed by atoms with E-state index in [1.54, 1.807) is 91.3 Å². The van der Waals surface area contributed by atoms with Crippen molar-refractivity contribution in [1.29, 1.82) is 0 Å². The molecular weight excluding hydrogens is 789 g/mol. The predicted octanol–water partition coefficient (Wildman–Crippen LogP) is 8.85. The SMILES string of the molecule is CC#Cc1ccncc1.CC(=O)Cc1cc[n+]([O-])cc1.COC(=O)c1ccc(C)cc1.COC(=O)c1cccc(C)c1.Cc1ccc(C(=O)O)cc1.Cc1cccc(C(=O)O)c1. The van der Waals surface area contributed by atoms with Crippen molar-refractivity contribution in [3.63, 3.8) is 0 Å². The number of hydrogen-bond donors (Lipinski definition) is 2. The highest BCUT2D eigenvalue weighted by molar-refractivity contribution is 5.90. The van der Waals surface area contributed by atoms with Gasteiger partial charge in [0.2, 0.25) is 0 Å². The molecule has 6 aromatic rings. The van der Waals surface area contributed by atoms with Crippen molar-refractivity contribution < 1.29 is 48.4 Å². The second-order valence-electron chi connectivity index (χ2n) is 13.1. The van der Waals surface area contributed by atoms with Gasteiger partial charge in [-0.3, -0.25) is 9.78 Å². The Balaban J connectivity index is 0.000000372. The van der Waals surface area contributed by atoms with Crippen LogP contribution in [0, 0.1) is 44.7 Å². The van der Waals surface area contributed by atoms with Crippen LogP contribution in [0.4, 0.5) is 0 Å². The zero-order valence-electron chi connectivity index (χ0n) is 36.1. The topological polar surface area (TPSA) is 184 Å². The van der Waals surface area contributed by atoms with Crippen LogP contribution in [0.3, 0.4) is 0 Å². The van der Waals surface area contributed by atoms with Crippen molar-refractivity contribution in [2.45, 2.75) is 48.0 Å². The highest BCUT2D eigenvalue weighted by atomic mass is 16.5. The quantitative estimate of drug-likeness (QED) is 0.0707. The minimum atomic E-state index is -0.875. The number of rotatable bonds is 6. The summed E-state index contributed by atoms with van der Waals surface area (Å²) in [4.78, 5) is 57.0. The van der Waals surface area contributed by atoms with Crippen LogP contribution in [0.2, 0.25) is 0 Å². The third-order valence-electron chi connectivity index (χ3n) is 7.75. The second kappa shape index (κ2) is 29.3. The number of ether oxygens (including phenoxy) is 2. The molecule has 2 N–H and O–H groups in total. The van der Waals surface area contributed by atoms with Gasteiger partial charge in [-0.25, -0.2) is 19.2 Å². The summed E-state index contributed by atoms with van der Waals surface area (Å²) in [5.74, 6) is 3.51. The van der Waals surface area contributed by atoms with Gasteiger partial charge in [0.25, 0.3) is 0 Å². The molecule has 2 aromatic heterocycles. The number of aromatic carboxylic acids is 2. The summed E-state index contributed by atoms with van der Waals surface area (Å²) < 4.78 is 9.79. The number of aryl methyl sites for hydroxylation is 4. The number of carboxylic acids is 2. The Bertz CT molecular complexity index is 2370. The number of carbonyl (C=O) groups excluding carboxylic acids is 3. The van der Waals surface area contributed by atoms with Crippen molar-refractivity contribution in [2.24, 2.45) is 0 Å². The first-order valence-electron chi connectivity index (χ1n) is 18.9. The molecular formula is C50H52N2O10. The average molecular weight is 841 g/mol. The number of methoxy groups -OCH3 is 2. The molecule has 62 heavy (non-hydrogen) atoms. The summed E-state index contributed by atoms with van der Waals surface area (Å²) in [6.45, 7) is 11.0. The monoisotopic (exact) mass is 840 g/mol. The van der Waals surface area contributed by atoms with E-state index in [1.807, 2.05) is 77.1 Å². The summed E-state index contributed by atoms with van der Waals surface area (Å²) in [6, 6.07) is 35.2. The molecule has 0 fully saturated rings. The van der Waals surface area contributed by atoms with Crippen LogP contribution in [-0.2, 0) is 20.7 Å². The summed E-state index contributed by atoms with van der Waals surface area (Å²) in [7, 11) is 2.76. The Hall–Kier alpha value is -7.91. The highest BCUT2D eigenvalue weighted by Gasteiger charge is 2.04. The van der Waals surface area contributed by atoms with Gasteiger partial charge in [0.1, 0.15) is 5.78 Å². The van der Waals surface area contributed by atoms with Gasteiger partial charge in [-0.15, -0.1) is 5.92 Å². The van der Waals surface area contributed by atoms with Crippen LogP contribution < -0.4 is 4.73 Å². The van der Waals surface area contributed by atoms with E-state index in [4.69, 9.17) is 10.2 Å². The minimum absolute atomic E-state index is 0.105. The van der Waals surface area contributed by atoms with Gasteiger partial charge < -0.3 is 24.9 Å². The number of aromatic nitrogens is 2. The molecule has 0 saturated carbocycles. The lowest BCUT2D eigenvalue weighted by Crippen LogP contribution is -2.23. The molecule has 0 aliphatic carbocycles. The first kappa shape index (κ1) is 52.1. The predicted molar refractivity (Wildman–Crippen MR) is 238 cm³/mol. The fourth-order valence-electron chi connectivity index (χ4n) is 4.60. The standard InChI is InChI=1S/2C9H10O2.C8H9NO2.C8H7N.2C8H8O2/c1-7-3-5-8(6-4-7)9(10)11-2;1-7-4-3-5-8(6-7)9(10)11-2;1-7(10)6-8-2-4-9(11)5-3-8;1-2-3-8-4-6-9-7-5-8;1-6-2-4-7(5-3-6)8(9)10;1-6-3-2-4-7(5-6)8(9)10/h2*3-6H,1-2H3;2-5H,6H2,1H3;4-7H,1H3;2*2-5H,1H3,(H,9,10). The fourth-order valence-corrected chi connectivity index (χ4v) is 4.60. The Kier molecular flexibility index (Phi) is 24.6. The summed E-state index contributed by atoms with van der Waals surface area (Å²) >= 11 is 0. The lowest BCUT2D eigenvalue weighted by molar-refractivity contribution is -0.605. The van der Waals surface area contributed by atoms with Gasteiger partial charge in [0.05, 0.1) is 36.5 Å². The number of carbonyl (C=O) groups is 5. The minimum Gasteiger partial charge on any atom is -0.619 e. The van der Waals surface area contributed by atoms with Gasteiger partial charge in [-0.05, 0) is 108 Å². The van der Waals surface area contributed by atoms with Gasteiger partial charge in [-0.1, -0.05) is 76.7 Å². The van der Waals surface area contributed by atoms with E-state index < -0.39 is 11.9 Å². The molecule has 0 aliphatic rings. The van der Waals surface area contributed by atoms with Gasteiger partial charge in [0, 0.05) is 36.5 Å². The molecule has 6 rings (SSSR count). The maximum absolute atomic E-state index is 10.9. The van der Waals surface area contributed by atoms with E-state index in [-0.39, 0.29) is 17.7 Å². The number of ketones is 1. The van der Waals surface area contributed by atoms with Crippen LogP contribution in [0.15, 0.2) is 146 Å². The number of pyridine rings is 2. The van der Waals surface area contributed by atoms with E-state index in [9.17, 15) is 29.2 Å². The summed E-state index contributed by atoms with van der Waals surface area (Å²) in [6.07, 6.45) is 6.65. The first-order chi connectivity index (χ1) is 29.5. The van der Waals surface area contributed by atoms with Crippen molar-refractivity contribution in [1.82, 2.24) is 4.98 Å². The number of benzene rings is 4. The van der Waals surface area contributed by atoms with E-state index >= 15 is 0 Å². The summed E-state index contributed by atoms with van der Waals surface area (Å²) in [5.41, 5.74) is 8.03. The third kappa shape index (κ3) is 22.9.